The Hall–Kier alpha value is -4.07. The fraction of sp³-hybridized carbons (Fsp3) is 0.0909. The van der Waals surface area contributed by atoms with Crippen LogP contribution < -0.4 is 15.9 Å². The summed E-state index contributed by atoms with van der Waals surface area (Å²) in [6.07, 6.45) is 0. The van der Waals surface area contributed by atoms with E-state index in [9.17, 15) is 19.1 Å². The Kier molecular flexibility index (Phi) is 5.21. The number of halogens is 1. The van der Waals surface area contributed by atoms with Crippen LogP contribution in [0.5, 0.6) is 5.75 Å². The molecule has 0 aliphatic heterocycles. The zero-order valence-corrected chi connectivity index (χ0v) is 15.9. The number of imidazole rings is 1. The Balaban J connectivity index is 1.61. The van der Waals surface area contributed by atoms with Gasteiger partial charge in [0.1, 0.15) is 11.6 Å². The van der Waals surface area contributed by atoms with Crippen molar-refractivity contribution >= 4 is 28.3 Å². The van der Waals surface area contributed by atoms with Gasteiger partial charge in [-0.2, -0.15) is 0 Å². The number of nitrogens with zero attached hydrogens (tertiary/aromatic N) is 1. The third kappa shape index (κ3) is 4.33. The Morgan fingerprint density at radius 3 is 2.50 bits per heavy atom. The summed E-state index contributed by atoms with van der Waals surface area (Å²) in [5, 5.41) is 12.1. The van der Waals surface area contributed by atoms with Gasteiger partial charge in [-0.15, -0.1) is 0 Å². The van der Waals surface area contributed by atoms with Gasteiger partial charge in [0.15, 0.2) is 0 Å². The minimum Gasteiger partial charge on any atom is -0.508 e. The second kappa shape index (κ2) is 8.12. The van der Waals surface area contributed by atoms with Crippen LogP contribution in [0.25, 0.3) is 11.0 Å². The van der Waals surface area contributed by atoms with Gasteiger partial charge in [-0.05, 0) is 48.5 Å². The number of amides is 1. The minimum atomic E-state index is -0.363. The smallest absolute Gasteiger partial charge is 0.323 e. The van der Waals surface area contributed by atoms with E-state index in [-0.39, 0.29) is 36.3 Å². The predicted octanol–water partition coefficient (Wildman–Crippen LogP) is 3.35. The molecule has 1 heterocycles. The van der Waals surface area contributed by atoms with Gasteiger partial charge in [0.2, 0.25) is 5.91 Å². The van der Waals surface area contributed by atoms with E-state index in [2.05, 4.69) is 15.3 Å². The van der Waals surface area contributed by atoms with Crippen LogP contribution in [0, 0.1) is 5.82 Å². The molecular weight excluding hydrogens is 387 g/mol. The largest absolute Gasteiger partial charge is 0.508 e. The standard InChI is InChI=1S/C22H19FN4O3/c23-18-4-2-1-3-14(18)12-27(13-21(29)24-15-5-8-17(28)9-6-15)16-7-10-19-20(11-16)26-22(30)25-19/h1-11,28H,12-13H2,(H,24,29)(H2,25,26,30). The molecule has 0 radical (unpaired) electrons. The van der Waals surface area contributed by atoms with Crippen molar-refractivity contribution in [2.75, 3.05) is 16.8 Å². The maximum absolute atomic E-state index is 14.2. The number of aromatic amines is 2. The maximum atomic E-state index is 14.2. The van der Waals surface area contributed by atoms with Crippen molar-refractivity contribution in [2.24, 2.45) is 0 Å². The molecule has 0 unspecified atom stereocenters. The summed E-state index contributed by atoms with van der Waals surface area (Å²) in [7, 11) is 0. The predicted molar refractivity (Wildman–Crippen MR) is 113 cm³/mol. The molecule has 1 aromatic heterocycles. The summed E-state index contributed by atoms with van der Waals surface area (Å²) in [5.41, 5.74) is 2.54. The molecule has 0 aliphatic carbocycles. The van der Waals surface area contributed by atoms with Crippen molar-refractivity contribution < 1.29 is 14.3 Å². The van der Waals surface area contributed by atoms with Crippen LogP contribution in [0.4, 0.5) is 15.8 Å². The monoisotopic (exact) mass is 406 g/mol. The van der Waals surface area contributed by atoms with Crippen molar-refractivity contribution in [1.82, 2.24) is 9.97 Å². The van der Waals surface area contributed by atoms with Crippen LogP contribution in [0.15, 0.2) is 71.5 Å². The number of hydrogen-bond acceptors (Lipinski definition) is 4. The fourth-order valence-corrected chi connectivity index (χ4v) is 3.21. The van der Waals surface area contributed by atoms with Crippen LogP contribution in [0.3, 0.4) is 0 Å². The SMILES string of the molecule is O=C(CN(Cc1ccccc1F)c1ccc2[nH]c(=O)[nH]c2c1)Nc1ccc(O)cc1. The molecule has 0 atom stereocenters. The second-order valence-corrected chi connectivity index (χ2v) is 6.85. The van der Waals surface area contributed by atoms with Crippen molar-refractivity contribution in [3.05, 3.63) is 88.6 Å². The average Bonchev–Trinajstić information content (AvgIpc) is 3.10. The number of H-pyrrole nitrogens is 2. The number of anilines is 2. The Bertz CT molecular complexity index is 1250. The quantitative estimate of drug-likeness (QED) is 0.369. The zero-order valence-electron chi connectivity index (χ0n) is 15.9. The molecule has 0 saturated heterocycles. The van der Waals surface area contributed by atoms with E-state index < -0.39 is 0 Å². The van der Waals surface area contributed by atoms with Gasteiger partial charge in [-0.1, -0.05) is 18.2 Å². The molecule has 1 amide bonds. The van der Waals surface area contributed by atoms with E-state index in [1.807, 2.05) is 0 Å². The third-order valence-corrected chi connectivity index (χ3v) is 4.67. The number of nitrogens with one attached hydrogen (secondary N) is 3. The summed E-state index contributed by atoms with van der Waals surface area (Å²) in [6.45, 7) is 0.116. The molecule has 4 aromatic rings. The summed E-state index contributed by atoms with van der Waals surface area (Å²) in [4.78, 5) is 31.3. The Morgan fingerprint density at radius 2 is 1.73 bits per heavy atom. The highest BCUT2D eigenvalue weighted by Gasteiger charge is 2.16. The van der Waals surface area contributed by atoms with Crippen LogP contribution in [-0.4, -0.2) is 27.5 Å². The lowest BCUT2D eigenvalue weighted by Gasteiger charge is -2.25. The van der Waals surface area contributed by atoms with Crippen LogP contribution >= 0.6 is 0 Å². The number of phenolic OH excluding ortho intramolecular Hbond substituents is 1. The van der Waals surface area contributed by atoms with Gasteiger partial charge in [0.25, 0.3) is 0 Å². The number of phenols is 1. The normalized spacial score (nSPS) is 10.8. The van der Waals surface area contributed by atoms with Gasteiger partial charge >= 0.3 is 5.69 Å². The topological polar surface area (TPSA) is 101 Å². The molecule has 30 heavy (non-hydrogen) atoms. The molecule has 7 nitrogen and oxygen atoms in total. The van der Waals surface area contributed by atoms with E-state index in [0.29, 0.717) is 28.0 Å². The molecule has 152 valence electrons. The summed E-state index contributed by atoms with van der Waals surface area (Å²) >= 11 is 0. The van der Waals surface area contributed by atoms with Crippen molar-refractivity contribution in [2.45, 2.75) is 6.54 Å². The van der Waals surface area contributed by atoms with E-state index in [1.54, 1.807) is 53.4 Å². The van der Waals surface area contributed by atoms with E-state index in [1.165, 1.54) is 18.2 Å². The number of fused-ring (bicyclic) bond motifs is 1. The molecule has 0 aliphatic rings. The van der Waals surface area contributed by atoms with Crippen LogP contribution in [0.1, 0.15) is 5.56 Å². The molecule has 0 fully saturated rings. The van der Waals surface area contributed by atoms with Gasteiger partial charge in [-0.3, -0.25) is 4.79 Å². The summed E-state index contributed by atoms with van der Waals surface area (Å²) < 4.78 is 14.2. The fourth-order valence-electron chi connectivity index (χ4n) is 3.21. The van der Waals surface area contributed by atoms with E-state index >= 15 is 0 Å². The molecule has 0 bridgehead atoms. The average molecular weight is 406 g/mol. The second-order valence-electron chi connectivity index (χ2n) is 6.85. The number of rotatable bonds is 6. The zero-order chi connectivity index (χ0) is 21.1. The lowest BCUT2D eigenvalue weighted by Crippen LogP contribution is -2.33. The molecule has 4 rings (SSSR count). The first-order valence-corrected chi connectivity index (χ1v) is 9.27. The van der Waals surface area contributed by atoms with Crippen LogP contribution in [0.2, 0.25) is 0 Å². The number of aromatic nitrogens is 2. The lowest BCUT2D eigenvalue weighted by atomic mass is 10.1. The number of aromatic hydroxyl groups is 1. The lowest BCUT2D eigenvalue weighted by molar-refractivity contribution is -0.115. The maximum Gasteiger partial charge on any atom is 0.323 e. The highest BCUT2D eigenvalue weighted by molar-refractivity contribution is 5.94. The first-order chi connectivity index (χ1) is 14.5. The summed E-state index contributed by atoms with van der Waals surface area (Å²) in [6, 6.07) is 17.7. The minimum absolute atomic E-state index is 0.0463. The highest BCUT2D eigenvalue weighted by atomic mass is 19.1. The number of benzene rings is 3. The van der Waals surface area contributed by atoms with E-state index in [4.69, 9.17) is 0 Å². The molecule has 3 aromatic carbocycles. The third-order valence-electron chi connectivity index (χ3n) is 4.67. The molecule has 0 spiro atoms. The highest BCUT2D eigenvalue weighted by Crippen LogP contribution is 2.22. The Morgan fingerprint density at radius 1 is 1.00 bits per heavy atom. The summed E-state index contributed by atoms with van der Waals surface area (Å²) in [5.74, 6) is -0.569. The number of carbonyl (C=O) groups excluding carboxylic acids is 1. The van der Waals surface area contributed by atoms with Crippen LogP contribution in [-0.2, 0) is 11.3 Å². The molecule has 4 N–H and O–H groups in total. The van der Waals surface area contributed by atoms with Crippen molar-refractivity contribution in [3.63, 3.8) is 0 Å². The Labute approximate surface area is 170 Å². The van der Waals surface area contributed by atoms with Crippen molar-refractivity contribution in [3.8, 4) is 5.75 Å². The van der Waals surface area contributed by atoms with Gasteiger partial charge < -0.3 is 25.3 Å². The van der Waals surface area contributed by atoms with Gasteiger partial charge in [-0.25, -0.2) is 9.18 Å². The van der Waals surface area contributed by atoms with Gasteiger partial charge in [0, 0.05) is 23.5 Å². The first-order valence-electron chi connectivity index (χ1n) is 9.27. The number of hydrogen-bond donors (Lipinski definition) is 4. The van der Waals surface area contributed by atoms with Crippen molar-refractivity contribution in [1.29, 1.82) is 0 Å². The first kappa shape index (κ1) is 19.3. The molecule has 0 saturated carbocycles. The van der Waals surface area contributed by atoms with E-state index in [0.717, 1.165) is 0 Å². The number of carbonyl (C=O) groups is 1. The van der Waals surface area contributed by atoms with Gasteiger partial charge in [0.05, 0.1) is 17.6 Å². The molecule has 8 heteroatoms. The molecular formula is C22H19FN4O3.